The fourth-order valence-electron chi connectivity index (χ4n) is 1.74. The lowest BCUT2D eigenvalue weighted by molar-refractivity contribution is -0.144. The van der Waals surface area contributed by atoms with Crippen molar-refractivity contribution in [2.24, 2.45) is 0 Å². The Bertz CT molecular complexity index is 302. The Balaban J connectivity index is 3.59. The molecule has 0 aromatic rings. The van der Waals surface area contributed by atoms with E-state index in [1.54, 1.807) is 6.92 Å². The van der Waals surface area contributed by atoms with Crippen LogP contribution in [0.3, 0.4) is 0 Å². The molecule has 0 aromatic heterocycles. The molecule has 0 aliphatic rings. The average molecular weight is 271 g/mol. The van der Waals surface area contributed by atoms with Gasteiger partial charge in [0.05, 0.1) is 7.11 Å². The predicted octanol–water partition coefficient (Wildman–Crippen LogP) is 1.98. The molecule has 1 N–H and O–H groups in total. The molecule has 0 fully saturated rings. The van der Waals surface area contributed by atoms with Gasteiger partial charge in [-0.05, 0) is 26.2 Å². The molecule has 5 nitrogen and oxygen atoms in total. The summed E-state index contributed by atoms with van der Waals surface area (Å²) in [5.74, 6) is -0.303. The van der Waals surface area contributed by atoms with Crippen LogP contribution in [-0.2, 0) is 19.1 Å². The zero-order valence-electron chi connectivity index (χ0n) is 12.2. The highest BCUT2D eigenvalue weighted by Gasteiger charge is 2.15. The molecule has 0 rings (SSSR count). The minimum atomic E-state index is -0.608. The average Bonchev–Trinajstić information content (AvgIpc) is 2.37. The summed E-state index contributed by atoms with van der Waals surface area (Å²) < 4.78 is 4.51. The summed E-state index contributed by atoms with van der Waals surface area (Å²) in [6.45, 7) is 3.58. The van der Waals surface area contributed by atoms with Crippen molar-refractivity contribution in [1.82, 2.24) is 5.32 Å². The molecule has 1 atom stereocenters. The summed E-state index contributed by atoms with van der Waals surface area (Å²) in [4.78, 5) is 33.8. The number of esters is 1. The van der Waals surface area contributed by atoms with Gasteiger partial charge in [-0.2, -0.15) is 0 Å². The highest BCUT2D eigenvalue weighted by molar-refractivity contribution is 5.84. The number of carbonyl (C=O) groups excluding carboxylic acids is 3. The van der Waals surface area contributed by atoms with E-state index in [1.807, 2.05) is 6.92 Å². The lowest BCUT2D eigenvalue weighted by Crippen LogP contribution is -2.38. The SMILES string of the molecule is CCCC(=O)CCCCCC(=O)N[C@@H](C)C(=O)OC. The number of carbonyl (C=O) groups is 3. The second-order valence-corrected chi connectivity index (χ2v) is 4.66. The molecule has 0 heterocycles. The normalized spacial score (nSPS) is 11.7. The van der Waals surface area contributed by atoms with Crippen LogP contribution in [0.1, 0.15) is 58.8 Å². The molecule has 0 spiro atoms. The van der Waals surface area contributed by atoms with Crippen LogP contribution < -0.4 is 5.32 Å². The van der Waals surface area contributed by atoms with Gasteiger partial charge >= 0.3 is 5.97 Å². The summed E-state index contributed by atoms with van der Waals surface area (Å²) in [5, 5.41) is 2.57. The zero-order valence-corrected chi connectivity index (χ0v) is 12.2. The third kappa shape index (κ3) is 9.22. The highest BCUT2D eigenvalue weighted by atomic mass is 16.5. The first kappa shape index (κ1) is 17.6. The molecule has 0 radical (unpaired) electrons. The largest absolute Gasteiger partial charge is 0.467 e. The highest BCUT2D eigenvalue weighted by Crippen LogP contribution is 2.06. The quantitative estimate of drug-likeness (QED) is 0.487. The monoisotopic (exact) mass is 271 g/mol. The van der Waals surface area contributed by atoms with Crippen LogP contribution in [0.15, 0.2) is 0 Å². The minimum absolute atomic E-state index is 0.155. The van der Waals surface area contributed by atoms with Crippen molar-refractivity contribution < 1.29 is 19.1 Å². The van der Waals surface area contributed by atoms with E-state index in [1.165, 1.54) is 7.11 Å². The Morgan fingerprint density at radius 1 is 1.05 bits per heavy atom. The van der Waals surface area contributed by atoms with Gasteiger partial charge in [0.1, 0.15) is 11.8 Å². The third-order valence-corrected chi connectivity index (χ3v) is 2.82. The molecule has 0 saturated heterocycles. The maximum Gasteiger partial charge on any atom is 0.328 e. The van der Waals surface area contributed by atoms with Gasteiger partial charge in [0, 0.05) is 19.3 Å². The first-order valence-electron chi connectivity index (χ1n) is 6.90. The van der Waals surface area contributed by atoms with Gasteiger partial charge in [0.15, 0.2) is 0 Å². The molecule has 0 aliphatic heterocycles. The number of rotatable bonds is 10. The van der Waals surface area contributed by atoms with Crippen LogP contribution in [0, 0.1) is 0 Å². The summed E-state index contributed by atoms with van der Waals surface area (Å²) in [6, 6.07) is -0.608. The number of hydrogen-bond donors (Lipinski definition) is 1. The van der Waals surface area contributed by atoms with Crippen molar-refractivity contribution in [3.05, 3.63) is 0 Å². The van der Waals surface area contributed by atoms with Crippen molar-refractivity contribution >= 4 is 17.7 Å². The van der Waals surface area contributed by atoms with Crippen molar-refractivity contribution in [3.8, 4) is 0 Å². The molecule has 0 saturated carbocycles. The Morgan fingerprint density at radius 2 is 1.68 bits per heavy atom. The standard InChI is InChI=1S/C14H25NO4/c1-4-8-12(16)9-6-5-7-10-13(17)15-11(2)14(18)19-3/h11H,4-10H2,1-3H3,(H,15,17)/t11-/m0/s1. The van der Waals surface area contributed by atoms with Crippen LogP contribution in [0.5, 0.6) is 0 Å². The number of methoxy groups -OCH3 is 1. The van der Waals surface area contributed by atoms with Crippen LogP contribution >= 0.6 is 0 Å². The van der Waals surface area contributed by atoms with Gasteiger partial charge < -0.3 is 10.1 Å². The summed E-state index contributed by atoms with van der Waals surface area (Å²) in [5.41, 5.74) is 0. The molecule has 0 bridgehead atoms. The van der Waals surface area contributed by atoms with Crippen LogP contribution in [-0.4, -0.2) is 30.8 Å². The number of Topliss-reactive ketones (excluding diaryl/α,β-unsaturated/α-hetero) is 1. The van der Waals surface area contributed by atoms with Gasteiger partial charge in [-0.1, -0.05) is 13.3 Å². The Morgan fingerprint density at radius 3 is 2.26 bits per heavy atom. The maximum atomic E-state index is 11.5. The van der Waals surface area contributed by atoms with Gasteiger partial charge in [-0.3, -0.25) is 9.59 Å². The van der Waals surface area contributed by atoms with Crippen molar-refractivity contribution in [1.29, 1.82) is 0 Å². The predicted molar refractivity (Wildman–Crippen MR) is 72.6 cm³/mol. The number of ketones is 1. The van der Waals surface area contributed by atoms with Crippen molar-refractivity contribution in [3.63, 3.8) is 0 Å². The first-order valence-corrected chi connectivity index (χ1v) is 6.90. The van der Waals surface area contributed by atoms with Crippen molar-refractivity contribution in [2.45, 2.75) is 64.8 Å². The van der Waals surface area contributed by atoms with E-state index in [0.717, 1.165) is 25.7 Å². The summed E-state index contributed by atoms with van der Waals surface area (Å²) in [6.07, 6.45) is 4.95. The van der Waals surface area contributed by atoms with Crippen molar-refractivity contribution in [2.75, 3.05) is 7.11 Å². The topological polar surface area (TPSA) is 72.5 Å². The van der Waals surface area contributed by atoms with E-state index in [9.17, 15) is 14.4 Å². The molecular weight excluding hydrogens is 246 g/mol. The van der Waals surface area contributed by atoms with Crippen LogP contribution in [0.25, 0.3) is 0 Å². The van der Waals surface area contributed by atoms with Gasteiger partial charge in [-0.15, -0.1) is 0 Å². The molecule has 0 unspecified atom stereocenters. The molecule has 19 heavy (non-hydrogen) atoms. The molecule has 1 amide bonds. The van der Waals surface area contributed by atoms with Crippen LogP contribution in [0.2, 0.25) is 0 Å². The Kier molecular flexibility index (Phi) is 9.75. The molecule has 5 heteroatoms. The lowest BCUT2D eigenvalue weighted by atomic mass is 10.1. The molecular formula is C14H25NO4. The maximum absolute atomic E-state index is 11.5. The molecule has 110 valence electrons. The second-order valence-electron chi connectivity index (χ2n) is 4.66. The molecule has 0 aliphatic carbocycles. The molecule has 0 aromatic carbocycles. The van der Waals surface area contributed by atoms with Gasteiger partial charge in [-0.25, -0.2) is 4.79 Å². The van der Waals surface area contributed by atoms with E-state index in [-0.39, 0.29) is 5.91 Å². The number of unbranched alkanes of at least 4 members (excludes halogenated alkanes) is 2. The Hall–Kier alpha value is -1.39. The van der Waals surface area contributed by atoms with Gasteiger partial charge in [0.25, 0.3) is 0 Å². The smallest absolute Gasteiger partial charge is 0.328 e. The Labute approximate surface area is 115 Å². The van der Waals surface area contributed by atoms with E-state index in [2.05, 4.69) is 10.1 Å². The fourth-order valence-corrected chi connectivity index (χ4v) is 1.74. The first-order chi connectivity index (χ1) is 9.01. The number of hydrogen-bond acceptors (Lipinski definition) is 4. The lowest BCUT2D eigenvalue weighted by Gasteiger charge is -2.11. The zero-order chi connectivity index (χ0) is 14.7. The minimum Gasteiger partial charge on any atom is -0.467 e. The van der Waals surface area contributed by atoms with E-state index in [0.29, 0.717) is 25.0 Å². The van der Waals surface area contributed by atoms with E-state index in [4.69, 9.17) is 0 Å². The summed E-state index contributed by atoms with van der Waals surface area (Å²) in [7, 11) is 1.29. The third-order valence-electron chi connectivity index (χ3n) is 2.82. The fraction of sp³-hybridized carbons (Fsp3) is 0.786. The second kappa shape index (κ2) is 10.5. The van der Waals surface area contributed by atoms with E-state index >= 15 is 0 Å². The summed E-state index contributed by atoms with van der Waals surface area (Å²) >= 11 is 0. The van der Waals surface area contributed by atoms with Crippen LogP contribution in [0.4, 0.5) is 0 Å². The van der Waals surface area contributed by atoms with Gasteiger partial charge in [0.2, 0.25) is 5.91 Å². The number of amides is 1. The number of ether oxygens (including phenoxy) is 1. The number of nitrogens with one attached hydrogen (secondary N) is 1. The van der Waals surface area contributed by atoms with E-state index < -0.39 is 12.0 Å².